The van der Waals surface area contributed by atoms with E-state index in [4.69, 9.17) is 5.73 Å². The van der Waals surface area contributed by atoms with Gasteiger partial charge in [-0.25, -0.2) is 4.99 Å². The Kier molecular flexibility index (Phi) is 13.4. The number of ether oxygens (including phenoxy) is 1. The van der Waals surface area contributed by atoms with Crippen LogP contribution in [0.4, 0.5) is 30.2 Å². The lowest BCUT2D eigenvalue weighted by molar-refractivity contribution is -0.140. The van der Waals surface area contributed by atoms with Crippen LogP contribution < -0.4 is 16.4 Å². The van der Waals surface area contributed by atoms with Crippen molar-refractivity contribution in [2.75, 3.05) is 51.5 Å². The van der Waals surface area contributed by atoms with E-state index in [1.165, 1.54) is 10.9 Å². The second kappa shape index (κ2) is 16.4. The summed E-state index contributed by atoms with van der Waals surface area (Å²) in [6.45, 7) is 5.19. The molecule has 10 heteroatoms. The summed E-state index contributed by atoms with van der Waals surface area (Å²) in [5.74, 6) is 5.90. The minimum Gasteiger partial charge on any atom is -0.390 e. The number of aromatic nitrogens is 1. The third-order valence-corrected chi connectivity index (χ3v) is 6.05. The van der Waals surface area contributed by atoms with Crippen molar-refractivity contribution in [1.29, 1.82) is 0 Å². The van der Waals surface area contributed by atoms with Gasteiger partial charge in [-0.3, -0.25) is 0 Å². The van der Waals surface area contributed by atoms with Crippen LogP contribution in [0.25, 0.3) is 10.9 Å². The van der Waals surface area contributed by atoms with Gasteiger partial charge < -0.3 is 30.6 Å². The van der Waals surface area contributed by atoms with Crippen molar-refractivity contribution in [2.24, 2.45) is 10.7 Å². The maximum absolute atomic E-state index is 13.4. The number of nitrogens with one attached hydrogen (secondary N) is 2. The number of halogens is 3. The van der Waals surface area contributed by atoms with Gasteiger partial charge in [-0.1, -0.05) is 25.8 Å². The van der Waals surface area contributed by atoms with Gasteiger partial charge in [0.1, 0.15) is 6.54 Å². The molecule has 1 aliphatic heterocycles. The molecule has 3 aromatic rings. The molecule has 1 aromatic heterocycles. The first-order valence-corrected chi connectivity index (χ1v) is 13.4. The predicted molar refractivity (Wildman–Crippen MR) is 161 cm³/mol. The molecular formula is C30H41F3N6O. The lowest BCUT2D eigenvalue weighted by Gasteiger charge is -2.30. The van der Waals surface area contributed by atoms with Gasteiger partial charge in [0, 0.05) is 37.0 Å². The van der Waals surface area contributed by atoms with E-state index in [9.17, 15) is 13.2 Å². The van der Waals surface area contributed by atoms with E-state index < -0.39 is 12.7 Å². The quantitative estimate of drug-likeness (QED) is 0.194. The smallest absolute Gasteiger partial charge is 0.390 e. The number of methoxy groups -OCH3 is 1. The van der Waals surface area contributed by atoms with Crippen molar-refractivity contribution in [3.05, 3.63) is 54.2 Å². The largest absolute Gasteiger partial charge is 0.406 e. The monoisotopic (exact) mass is 558 g/mol. The molecule has 4 N–H and O–H groups in total. The first-order chi connectivity index (χ1) is 19.2. The molecule has 0 saturated carbocycles. The summed E-state index contributed by atoms with van der Waals surface area (Å²) in [5.41, 5.74) is 8.55. The van der Waals surface area contributed by atoms with Gasteiger partial charge in [0.25, 0.3) is 0 Å². The Labute approximate surface area is 235 Å². The molecule has 0 bridgehead atoms. The van der Waals surface area contributed by atoms with Gasteiger partial charge in [0.15, 0.2) is 0 Å². The fourth-order valence-corrected chi connectivity index (χ4v) is 4.27. The van der Waals surface area contributed by atoms with E-state index in [0.29, 0.717) is 17.3 Å². The SMILES string of the molecule is CC.CN1CCC(Nc2cccc3c2cc(C#CCNc2ccc(N=CN)cc2)n3CC(F)(F)F)CC1.COC. The normalized spacial score (nSPS) is 14.0. The molecule has 0 amide bonds. The van der Waals surface area contributed by atoms with Gasteiger partial charge in [-0.15, -0.1) is 0 Å². The molecule has 0 atom stereocenters. The van der Waals surface area contributed by atoms with Gasteiger partial charge in [0.2, 0.25) is 0 Å². The number of nitrogens with two attached hydrogens (primary N) is 1. The lowest BCUT2D eigenvalue weighted by atomic mass is 10.0. The number of fused-ring (bicyclic) bond motifs is 1. The maximum atomic E-state index is 13.4. The van der Waals surface area contributed by atoms with E-state index >= 15 is 0 Å². The van der Waals surface area contributed by atoms with Crippen LogP contribution in [0.2, 0.25) is 0 Å². The van der Waals surface area contributed by atoms with E-state index in [1.807, 2.05) is 32.0 Å². The third kappa shape index (κ3) is 10.1. The molecule has 4 rings (SSSR count). The number of rotatable bonds is 6. The standard InChI is InChI=1S/C26H29F3N6.C2H6O.C2H6/c1-34-14-11-21(12-15-34)33-24-5-2-6-25-23(24)16-22(35(25)17-26(27,28)29)4-3-13-31-19-7-9-20(10-8-19)32-18-30;1-3-2;1-2/h2,5-10,16,18,21,31,33H,11-15,17H2,1H3,(H2,30,32);1-2H3;1-2H3. The number of alkyl halides is 3. The van der Waals surface area contributed by atoms with Crippen molar-refractivity contribution >= 4 is 34.3 Å². The zero-order chi connectivity index (χ0) is 29.5. The summed E-state index contributed by atoms with van der Waals surface area (Å²) < 4.78 is 45.7. The second-order valence-electron chi connectivity index (χ2n) is 9.08. The summed E-state index contributed by atoms with van der Waals surface area (Å²) in [7, 11) is 5.35. The molecule has 40 heavy (non-hydrogen) atoms. The Morgan fingerprint density at radius 3 is 2.35 bits per heavy atom. The van der Waals surface area contributed by atoms with Crippen molar-refractivity contribution in [2.45, 2.75) is 45.5 Å². The molecule has 2 aromatic carbocycles. The molecule has 218 valence electrons. The summed E-state index contributed by atoms with van der Waals surface area (Å²) in [6, 6.07) is 14.8. The number of piperidine rings is 1. The van der Waals surface area contributed by atoms with Crippen LogP contribution in [0.15, 0.2) is 53.5 Å². The summed E-state index contributed by atoms with van der Waals surface area (Å²) in [4.78, 5) is 6.27. The molecule has 0 aliphatic carbocycles. The Bertz CT molecular complexity index is 1250. The minimum absolute atomic E-state index is 0.285. The molecule has 1 aliphatic rings. The van der Waals surface area contributed by atoms with E-state index in [-0.39, 0.29) is 6.54 Å². The third-order valence-electron chi connectivity index (χ3n) is 6.05. The Hall–Kier alpha value is -3.68. The molecule has 0 spiro atoms. The average Bonchev–Trinajstić information content (AvgIpc) is 3.27. The second-order valence-corrected chi connectivity index (χ2v) is 9.08. The number of hydrogen-bond acceptors (Lipinski definition) is 5. The van der Waals surface area contributed by atoms with Crippen LogP contribution in [-0.4, -0.2) is 68.9 Å². The lowest BCUT2D eigenvalue weighted by Crippen LogP contribution is -2.36. The number of anilines is 2. The highest BCUT2D eigenvalue weighted by molar-refractivity contribution is 5.94. The number of aliphatic imine (C=N–C) groups is 1. The van der Waals surface area contributed by atoms with Gasteiger partial charge in [-0.05, 0) is 81.4 Å². The van der Waals surface area contributed by atoms with E-state index in [1.54, 1.807) is 44.6 Å². The molecule has 2 heterocycles. The highest BCUT2D eigenvalue weighted by Crippen LogP contribution is 2.31. The predicted octanol–water partition coefficient (Wildman–Crippen LogP) is 6.08. The summed E-state index contributed by atoms with van der Waals surface area (Å²) in [6.07, 6.45) is -1.14. The van der Waals surface area contributed by atoms with Gasteiger partial charge in [-0.2, -0.15) is 13.2 Å². The minimum atomic E-state index is -4.36. The zero-order valence-electron chi connectivity index (χ0n) is 24.0. The number of likely N-dealkylation sites (tertiary alicyclic amines) is 1. The first kappa shape index (κ1) is 32.5. The maximum Gasteiger partial charge on any atom is 0.406 e. The highest BCUT2D eigenvalue weighted by Gasteiger charge is 2.30. The number of hydrogen-bond donors (Lipinski definition) is 3. The van der Waals surface area contributed by atoms with Crippen LogP contribution in [0, 0.1) is 11.8 Å². The van der Waals surface area contributed by atoms with Gasteiger partial charge in [0.05, 0.1) is 29.8 Å². The van der Waals surface area contributed by atoms with Crippen LogP contribution in [0.5, 0.6) is 0 Å². The highest BCUT2D eigenvalue weighted by atomic mass is 19.4. The van der Waals surface area contributed by atoms with Crippen LogP contribution >= 0.6 is 0 Å². The Balaban J connectivity index is 0.00000105. The number of nitrogens with zero attached hydrogens (tertiary/aromatic N) is 3. The average molecular weight is 559 g/mol. The van der Waals surface area contributed by atoms with Crippen LogP contribution in [0.3, 0.4) is 0 Å². The zero-order valence-corrected chi connectivity index (χ0v) is 24.0. The molecule has 1 saturated heterocycles. The molecule has 7 nitrogen and oxygen atoms in total. The van der Waals surface area contributed by atoms with Crippen molar-refractivity contribution in [1.82, 2.24) is 9.47 Å². The summed E-state index contributed by atoms with van der Waals surface area (Å²) in [5, 5.41) is 7.45. The Morgan fingerprint density at radius 1 is 1.10 bits per heavy atom. The molecule has 0 unspecified atom stereocenters. The Morgan fingerprint density at radius 2 is 1.75 bits per heavy atom. The van der Waals surface area contributed by atoms with Crippen LogP contribution in [0.1, 0.15) is 32.4 Å². The number of benzene rings is 2. The van der Waals surface area contributed by atoms with E-state index in [0.717, 1.165) is 48.4 Å². The van der Waals surface area contributed by atoms with Crippen LogP contribution in [-0.2, 0) is 11.3 Å². The molecule has 0 radical (unpaired) electrons. The fraction of sp³-hybridized carbons (Fsp3) is 0.433. The van der Waals surface area contributed by atoms with Crippen molar-refractivity contribution < 1.29 is 17.9 Å². The topological polar surface area (TPSA) is 79.8 Å². The first-order valence-electron chi connectivity index (χ1n) is 13.4. The van der Waals surface area contributed by atoms with Gasteiger partial charge >= 0.3 is 6.18 Å². The van der Waals surface area contributed by atoms with Crippen molar-refractivity contribution in [3.63, 3.8) is 0 Å². The fourth-order valence-electron chi connectivity index (χ4n) is 4.27. The molecule has 1 fully saturated rings. The van der Waals surface area contributed by atoms with E-state index in [2.05, 4.69) is 44.2 Å². The molecular weight excluding hydrogens is 517 g/mol. The van der Waals surface area contributed by atoms with Crippen molar-refractivity contribution in [3.8, 4) is 11.8 Å². The summed E-state index contributed by atoms with van der Waals surface area (Å²) >= 11 is 0.